The van der Waals surface area contributed by atoms with Gasteiger partial charge in [0, 0.05) is 18.3 Å². The molecule has 2 rings (SSSR count). The Morgan fingerprint density at radius 3 is 2.60 bits per heavy atom. The minimum absolute atomic E-state index is 0.229. The molecule has 0 fully saturated rings. The monoisotopic (exact) mass is 205 g/mol. The van der Waals surface area contributed by atoms with Crippen molar-refractivity contribution in [2.24, 2.45) is 5.73 Å². The molecule has 1 aromatic heterocycles. The Balaban J connectivity index is 2.25. The van der Waals surface area contributed by atoms with Gasteiger partial charge in [0.15, 0.2) is 0 Å². The highest BCUT2D eigenvalue weighted by Crippen LogP contribution is 2.18. The largest absolute Gasteiger partial charge is 0.329 e. The maximum atomic E-state index is 12.7. The summed E-state index contributed by atoms with van der Waals surface area (Å²) in [6.45, 7) is 1.26. The highest BCUT2D eigenvalue weighted by Gasteiger charge is 2.01. The van der Waals surface area contributed by atoms with E-state index in [0.717, 1.165) is 11.1 Å². The molecule has 1 aromatic carbocycles. The average molecular weight is 205 g/mol. The van der Waals surface area contributed by atoms with E-state index >= 15 is 0 Å². The van der Waals surface area contributed by atoms with Crippen molar-refractivity contribution in [1.82, 2.24) is 9.78 Å². The molecular weight excluding hydrogens is 193 g/mol. The molecule has 1 heterocycles. The molecule has 0 aliphatic rings. The van der Waals surface area contributed by atoms with E-state index in [4.69, 9.17) is 5.73 Å². The molecule has 0 spiro atoms. The van der Waals surface area contributed by atoms with Crippen LogP contribution >= 0.6 is 0 Å². The first kappa shape index (κ1) is 9.86. The molecule has 0 saturated heterocycles. The lowest BCUT2D eigenvalue weighted by molar-refractivity contribution is 0.625. The number of nitrogens with zero attached hydrogens (tertiary/aromatic N) is 2. The van der Waals surface area contributed by atoms with Crippen molar-refractivity contribution in [2.75, 3.05) is 6.54 Å². The Labute approximate surface area is 87.3 Å². The van der Waals surface area contributed by atoms with Crippen LogP contribution in [0, 0.1) is 5.82 Å². The van der Waals surface area contributed by atoms with E-state index in [2.05, 4.69) is 5.10 Å². The third kappa shape index (κ3) is 2.22. The van der Waals surface area contributed by atoms with Crippen molar-refractivity contribution in [2.45, 2.75) is 6.54 Å². The fourth-order valence-electron chi connectivity index (χ4n) is 1.41. The van der Waals surface area contributed by atoms with Crippen LogP contribution < -0.4 is 5.73 Å². The number of rotatable bonds is 3. The number of benzene rings is 1. The normalized spacial score (nSPS) is 10.5. The third-order valence-corrected chi connectivity index (χ3v) is 2.17. The van der Waals surface area contributed by atoms with Gasteiger partial charge in [-0.3, -0.25) is 4.68 Å². The summed E-state index contributed by atoms with van der Waals surface area (Å²) in [5, 5.41) is 4.15. The van der Waals surface area contributed by atoms with E-state index < -0.39 is 0 Å². The first-order valence-corrected chi connectivity index (χ1v) is 4.78. The summed E-state index contributed by atoms with van der Waals surface area (Å²) in [7, 11) is 0. The van der Waals surface area contributed by atoms with Crippen molar-refractivity contribution in [1.29, 1.82) is 0 Å². The molecule has 0 aliphatic heterocycles. The van der Waals surface area contributed by atoms with Crippen LogP contribution in [0.2, 0.25) is 0 Å². The van der Waals surface area contributed by atoms with E-state index in [-0.39, 0.29) is 5.82 Å². The summed E-state index contributed by atoms with van der Waals surface area (Å²) in [6, 6.07) is 6.35. The highest BCUT2D eigenvalue weighted by atomic mass is 19.1. The molecule has 0 aliphatic carbocycles. The van der Waals surface area contributed by atoms with E-state index in [0.29, 0.717) is 13.1 Å². The van der Waals surface area contributed by atoms with Crippen LogP contribution in [-0.2, 0) is 6.54 Å². The Bertz CT molecular complexity index is 433. The van der Waals surface area contributed by atoms with Crippen LogP contribution in [0.4, 0.5) is 4.39 Å². The topological polar surface area (TPSA) is 43.8 Å². The van der Waals surface area contributed by atoms with Gasteiger partial charge in [0.1, 0.15) is 5.82 Å². The maximum Gasteiger partial charge on any atom is 0.123 e. The van der Waals surface area contributed by atoms with Gasteiger partial charge in [-0.25, -0.2) is 4.39 Å². The Morgan fingerprint density at radius 2 is 1.93 bits per heavy atom. The first-order valence-electron chi connectivity index (χ1n) is 4.78. The Kier molecular flexibility index (Phi) is 2.78. The van der Waals surface area contributed by atoms with Gasteiger partial charge in [0.2, 0.25) is 0 Å². The molecule has 0 radical (unpaired) electrons. The van der Waals surface area contributed by atoms with E-state index in [1.54, 1.807) is 23.0 Å². The van der Waals surface area contributed by atoms with Crippen molar-refractivity contribution in [3.63, 3.8) is 0 Å². The fraction of sp³-hybridized carbons (Fsp3) is 0.182. The molecule has 2 aromatic rings. The molecule has 78 valence electrons. The molecule has 2 N–H and O–H groups in total. The zero-order valence-corrected chi connectivity index (χ0v) is 8.23. The fourth-order valence-corrected chi connectivity index (χ4v) is 1.41. The van der Waals surface area contributed by atoms with Gasteiger partial charge < -0.3 is 5.73 Å². The van der Waals surface area contributed by atoms with Crippen LogP contribution in [0.5, 0.6) is 0 Å². The van der Waals surface area contributed by atoms with Gasteiger partial charge in [0.05, 0.1) is 12.7 Å². The smallest absolute Gasteiger partial charge is 0.123 e. The van der Waals surface area contributed by atoms with Gasteiger partial charge in [-0.1, -0.05) is 12.1 Å². The summed E-state index contributed by atoms with van der Waals surface area (Å²) >= 11 is 0. The van der Waals surface area contributed by atoms with Crippen LogP contribution in [0.25, 0.3) is 11.1 Å². The van der Waals surface area contributed by atoms with Crippen molar-refractivity contribution >= 4 is 0 Å². The maximum absolute atomic E-state index is 12.7. The van der Waals surface area contributed by atoms with Crippen molar-refractivity contribution in [3.8, 4) is 11.1 Å². The van der Waals surface area contributed by atoms with Crippen LogP contribution in [0.3, 0.4) is 0 Å². The molecule has 0 saturated carbocycles. The summed E-state index contributed by atoms with van der Waals surface area (Å²) in [6.07, 6.45) is 3.66. The number of hydrogen-bond donors (Lipinski definition) is 1. The van der Waals surface area contributed by atoms with Gasteiger partial charge >= 0.3 is 0 Å². The lowest BCUT2D eigenvalue weighted by Crippen LogP contribution is -2.09. The van der Waals surface area contributed by atoms with E-state index in [1.807, 2.05) is 6.20 Å². The van der Waals surface area contributed by atoms with E-state index in [1.165, 1.54) is 12.1 Å². The third-order valence-electron chi connectivity index (χ3n) is 2.17. The second kappa shape index (κ2) is 4.23. The van der Waals surface area contributed by atoms with E-state index in [9.17, 15) is 4.39 Å². The second-order valence-electron chi connectivity index (χ2n) is 3.29. The molecule has 0 bridgehead atoms. The summed E-state index contributed by atoms with van der Waals surface area (Å²) in [4.78, 5) is 0. The molecule has 15 heavy (non-hydrogen) atoms. The predicted molar refractivity (Wildman–Crippen MR) is 56.7 cm³/mol. The molecular formula is C11H12FN3. The summed E-state index contributed by atoms with van der Waals surface area (Å²) < 4.78 is 14.5. The SMILES string of the molecule is NCCn1cc(-c2ccc(F)cc2)cn1. The van der Waals surface area contributed by atoms with Gasteiger partial charge in [-0.15, -0.1) is 0 Å². The zero-order chi connectivity index (χ0) is 10.7. The standard InChI is InChI=1S/C11H12FN3/c12-11-3-1-9(2-4-11)10-7-14-15(8-10)6-5-13/h1-4,7-8H,5-6,13H2. The second-order valence-corrected chi connectivity index (χ2v) is 3.29. The lowest BCUT2D eigenvalue weighted by atomic mass is 10.1. The Morgan fingerprint density at radius 1 is 1.20 bits per heavy atom. The first-order chi connectivity index (χ1) is 7.29. The minimum atomic E-state index is -0.229. The highest BCUT2D eigenvalue weighted by molar-refractivity contribution is 5.61. The zero-order valence-electron chi connectivity index (χ0n) is 8.23. The molecule has 3 nitrogen and oxygen atoms in total. The van der Waals surface area contributed by atoms with Crippen LogP contribution in [0.1, 0.15) is 0 Å². The number of aromatic nitrogens is 2. The number of nitrogens with two attached hydrogens (primary N) is 1. The average Bonchev–Trinajstić information content (AvgIpc) is 2.68. The molecule has 0 amide bonds. The number of halogens is 1. The molecule has 0 atom stereocenters. The summed E-state index contributed by atoms with van der Waals surface area (Å²) in [5.74, 6) is -0.229. The predicted octanol–water partition coefficient (Wildman–Crippen LogP) is 1.65. The van der Waals surface area contributed by atoms with Gasteiger partial charge in [-0.2, -0.15) is 5.10 Å². The number of hydrogen-bond acceptors (Lipinski definition) is 2. The molecule has 0 unspecified atom stereocenters. The van der Waals surface area contributed by atoms with Crippen molar-refractivity contribution in [3.05, 3.63) is 42.5 Å². The Hall–Kier alpha value is -1.68. The quantitative estimate of drug-likeness (QED) is 0.828. The van der Waals surface area contributed by atoms with Crippen molar-refractivity contribution < 1.29 is 4.39 Å². The van der Waals surface area contributed by atoms with Crippen LogP contribution in [0.15, 0.2) is 36.7 Å². The molecule has 4 heteroatoms. The summed E-state index contributed by atoms with van der Waals surface area (Å²) in [5.41, 5.74) is 7.35. The van der Waals surface area contributed by atoms with Crippen LogP contribution in [-0.4, -0.2) is 16.3 Å². The van der Waals surface area contributed by atoms with Gasteiger partial charge in [0.25, 0.3) is 0 Å². The lowest BCUT2D eigenvalue weighted by Gasteiger charge is -1.97. The minimum Gasteiger partial charge on any atom is -0.329 e. The van der Waals surface area contributed by atoms with Gasteiger partial charge in [-0.05, 0) is 17.7 Å².